The molecule has 1 aliphatic heterocycles. The molecule has 1 aromatic carbocycles. The quantitative estimate of drug-likeness (QED) is 0.904. The Labute approximate surface area is 128 Å². The van der Waals surface area contributed by atoms with Gasteiger partial charge in [0.05, 0.1) is 0 Å². The van der Waals surface area contributed by atoms with Crippen molar-refractivity contribution in [3.05, 3.63) is 34.3 Å². The van der Waals surface area contributed by atoms with Gasteiger partial charge in [-0.2, -0.15) is 13.2 Å². The number of hydrogen-bond acceptors (Lipinski definition) is 2. The van der Waals surface area contributed by atoms with Gasteiger partial charge in [0.1, 0.15) is 0 Å². The summed E-state index contributed by atoms with van der Waals surface area (Å²) in [7, 11) is 0. The van der Waals surface area contributed by atoms with E-state index in [1.165, 1.54) is 0 Å². The van der Waals surface area contributed by atoms with Crippen molar-refractivity contribution in [1.29, 1.82) is 0 Å². The minimum atomic E-state index is -4.14. The molecule has 1 fully saturated rings. The van der Waals surface area contributed by atoms with E-state index in [1.807, 2.05) is 19.1 Å². The van der Waals surface area contributed by atoms with Crippen LogP contribution in [0.5, 0.6) is 0 Å². The standard InChI is InChI=1S/C15H20ClF3N2/c1-11-3-2-4-12(16)14(11)13(5-6-15(17,18)19)21-9-7-20-8-10-21/h2-4,13,20H,5-10H2,1H3/t13-/m1/s1. The average Bonchev–Trinajstić information content (AvgIpc) is 2.42. The Morgan fingerprint density at radius 3 is 2.52 bits per heavy atom. The number of rotatable bonds is 4. The molecule has 1 atom stereocenters. The largest absolute Gasteiger partial charge is 0.389 e. The van der Waals surface area contributed by atoms with E-state index in [4.69, 9.17) is 11.6 Å². The molecule has 0 radical (unpaired) electrons. The first-order chi connectivity index (χ1) is 9.88. The number of benzene rings is 1. The smallest absolute Gasteiger partial charge is 0.314 e. The molecule has 2 nitrogen and oxygen atoms in total. The van der Waals surface area contributed by atoms with Crippen molar-refractivity contribution in [1.82, 2.24) is 10.2 Å². The summed E-state index contributed by atoms with van der Waals surface area (Å²) in [6.07, 6.45) is -4.87. The summed E-state index contributed by atoms with van der Waals surface area (Å²) in [6, 6.07) is 5.22. The molecule has 0 aliphatic carbocycles. The summed E-state index contributed by atoms with van der Waals surface area (Å²) >= 11 is 6.27. The summed E-state index contributed by atoms with van der Waals surface area (Å²) in [5.74, 6) is 0. The van der Waals surface area contributed by atoms with Crippen molar-refractivity contribution in [2.45, 2.75) is 32.0 Å². The zero-order valence-electron chi connectivity index (χ0n) is 12.0. The fourth-order valence-electron chi connectivity index (χ4n) is 2.87. The Hall–Kier alpha value is -0.780. The second kappa shape index (κ2) is 6.99. The highest BCUT2D eigenvalue weighted by atomic mass is 35.5. The molecule has 0 unspecified atom stereocenters. The van der Waals surface area contributed by atoms with E-state index in [2.05, 4.69) is 10.2 Å². The highest BCUT2D eigenvalue weighted by Gasteiger charge is 2.32. The van der Waals surface area contributed by atoms with Crippen LogP contribution in [0.1, 0.15) is 30.0 Å². The van der Waals surface area contributed by atoms with Gasteiger partial charge >= 0.3 is 6.18 Å². The fourth-order valence-corrected chi connectivity index (χ4v) is 3.22. The second-order valence-electron chi connectivity index (χ2n) is 5.43. The summed E-state index contributed by atoms with van der Waals surface area (Å²) in [4.78, 5) is 2.11. The topological polar surface area (TPSA) is 15.3 Å². The van der Waals surface area contributed by atoms with Crippen LogP contribution in [0.4, 0.5) is 13.2 Å². The molecule has 1 aromatic rings. The Bertz CT molecular complexity index is 450. The lowest BCUT2D eigenvalue weighted by molar-refractivity contribution is -0.138. The van der Waals surface area contributed by atoms with Crippen LogP contribution >= 0.6 is 11.6 Å². The Balaban J connectivity index is 2.26. The molecular weight excluding hydrogens is 301 g/mol. The Kier molecular flexibility index (Phi) is 5.52. The van der Waals surface area contributed by atoms with Crippen molar-refractivity contribution in [2.24, 2.45) is 0 Å². The minimum absolute atomic E-state index is 0.0497. The van der Waals surface area contributed by atoms with Crippen LogP contribution in [0.25, 0.3) is 0 Å². The van der Waals surface area contributed by atoms with Crippen molar-refractivity contribution in [3.8, 4) is 0 Å². The first-order valence-corrected chi connectivity index (χ1v) is 7.53. The van der Waals surface area contributed by atoms with E-state index in [-0.39, 0.29) is 12.5 Å². The molecule has 0 bridgehead atoms. The van der Waals surface area contributed by atoms with E-state index in [0.717, 1.165) is 37.3 Å². The first-order valence-electron chi connectivity index (χ1n) is 7.15. The van der Waals surface area contributed by atoms with Crippen LogP contribution in [0, 0.1) is 6.92 Å². The van der Waals surface area contributed by atoms with E-state index in [1.54, 1.807) is 6.07 Å². The maximum Gasteiger partial charge on any atom is 0.389 e. The van der Waals surface area contributed by atoms with Crippen LogP contribution in [-0.4, -0.2) is 37.3 Å². The fraction of sp³-hybridized carbons (Fsp3) is 0.600. The van der Waals surface area contributed by atoms with Gasteiger partial charge < -0.3 is 5.32 Å². The van der Waals surface area contributed by atoms with E-state index >= 15 is 0 Å². The highest BCUT2D eigenvalue weighted by molar-refractivity contribution is 6.31. The zero-order chi connectivity index (χ0) is 15.5. The minimum Gasteiger partial charge on any atom is -0.314 e. The molecule has 1 N–H and O–H groups in total. The molecule has 2 rings (SSSR count). The Morgan fingerprint density at radius 1 is 1.29 bits per heavy atom. The number of hydrogen-bond donors (Lipinski definition) is 1. The predicted octanol–water partition coefficient (Wildman–Crippen LogP) is 3.94. The van der Waals surface area contributed by atoms with E-state index in [9.17, 15) is 13.2 Å². The van der Waals surface area contributed by atoms with Crippen molar-refractivity contribution in [3.63, 3.8) is 0 Å². The third kappa shape index (κ3) is 4.59. The molecule has 118 valence electrons. The predicted molar refractivity (Wildman–Crippen MR) is 78.7 cm³/mol. The van der Waals surface area contributed by atoms with Crippen LogP contribution in [0.2, 0.25) is 5.02 Å². The SMILES string of the molecule is Cc1cccc(Cl)c1[C@@H](CCC(F)(F)F)N1CCNCC1. The third-order valence-corrected chi connectivity index (χ3v) is 4.23. The number of piperazine rings is 1. The normalized spacial score (nSPS) is 18.7. The molecule has 0 amide bonds. The molecule has 1 aliphatic rings. The van der Waals surface area contributed by atoms with Crippen molar-refractivity contribution >= 4 is 11.6 Å². The van der Waals surface area contributed by atoms with Gasteiger partial charge in [-0.3, -0.25) is 4.90 Å². The molecule has 0 spiro atoms. The van der Waals surface area contributed by atoms with E-state index in [0.29, 0.717) is 5.02 Å². The van der Waals surface area contributed by atoms with Gasteiger partial charge in [0.2, 0.25) is 0 Å². The maximum atomic E-state index is 12.6. The zero-order valence-corrected chi connectivity index (χ0v) is 12.8. The molecule has 0 saturated carbocycles. The van der Waals surface area contributed by atoms with Crippen molar-refractivity contribution < 1.29 is 13.2 Å². The van der Waals surface area contributed by atoms with Gasteiger partial charge in [-0.05, 0) is 30.5 Å². The lowest BCUT2D eigenvalue weighted by Gasteiger charge is -2.36. The van der Waals surface area contributed by atoms with Crippen LogP contribution in [-0.2, 0) is 0 Å². The van der Waals surface area contributed by atoms with Gasteiger partial charge in [-0.25, -0.2) is 0 Å². The van der Waals surface area contributed by atoms with Gasteiger partial charge in [-0.1, -0.05) is 23.7 Å². The molecule has 21 heavy (non-hydrogen) atoms. The summed E-state index contributed by atoms with van der Waals surface area (Å²) in [5.41, 5.74) is 1.79. The maximum absolute atomic E-state index is 12.6. The summed E-state index contributed by atoms with van der Waals surface area (Å²) in [5, 5.41) is 3.78. The number of nitrogens with one attached hydrogen (secondary N) is 1. The average molecular weight is 321 g/mol. The van der Waals surface area contributed by atoms with Gasteiger partial charge in [0, 0.05) is 43.7 Å². The molecule has 1 heterocycles. The van der Waals surface area contributed by atoms with Crippen LogP contribution in [0.15, 0.2) is 18.2 Å². The molecule has 1 saturated heterocycles. The van der Waals surface area contributed by atoms with Crippen LogP contribution < -0.4 is 5.32 Å². The first kappa shape index (κ1) is 16.6. The molecular formula is C15H20ClF3N2. The number of halogens is 4. The molecule has 0 aromatic heterocycles. The van der Waals surface area contributed by atoms with Crippen molar-refractivity contribution in [2.75, 3.05) is 26.2 Å². The molecule has 6 heteroatoms. The Morgan fingerprint density at radius 2 is 1.95 bits per heavy atom. The van der Waals surface area contributed by atoms with Gasteiger partial charge in [0.15, 0.2) is 0 Å². The summed E-state index contributed by atoms with van der Waals surface area (Å²) in [6.45, 7) is 4.99. The number of nitrogens with zero attached hydrogens (tertiary/aromatic N) is 1. The van der Waals surface area contributed by atoms with Crippen LogP contribution in [0.3, 0.4) is 0 Å². The second-order valence-corrected chi connectivity index (χ2v) is 5.83. The highest BCUT2D eigenvalue weighted by Crippen LogP contribution is 2.36. The third-order valence-electron chi connectivity index (χ3n) is 3.90. The number of aryl methyl sites for hydroxylation is 1. The van der Waals surface area contributed by atoms with Gasteiger partial charge in [0.25, 0.3) is 0 Å². The van der Waals surface area contributed by atoms with E-state index < -0.39 is 12.6 Å². The number of alkyl halides is 3. The lowest BCUT2D eigenvalue weighted by atomic mass is 9.95. The lowest BCUT2D eigenvalue weighted by Crippen LogP contribution is -2.45. The monoisotopic (exact) mass is 320 g/mol. The summed E-state index contributed by atoms with van der Waals surface area (Å²) < 4.78 is 37.9. The van der Waals surface area contributed by atoms with Gasteiger partial charge in [-0.15, -0.1) is 0 Å².